The van der Waals surface area contributed by atoms with Crippen molar-refractivity contribution in [1.82, 2.24) is 0 Å². The zero-order valence-corrected chi connectivity index (χ0v) is 13.3. The first-order valence-corrected chi connectivity index (χ1v) is 7.26. The van der Waals surface area contributed by atoms with Crippen molar-refractivity contribution in [3.63, 3.8) is 0 Å². The summed E-state index contributed by atoms with van der Waals surface area (Å²) in [7, 11) is 1.54. The third kappa shape index (κ3) is 3.21. The van der Waals surface area contributed by atoms with Gasteiger partial charge in [-0.25, -0.2) is 4.79 Å². The third-order valence-corrected chi connectivity index (χ3v) is 3.62. The van der Waals surface area contributed by atoms with Crippen LogP contribution < -0.4 is 19.6 Å². The number of fused-ring (bicyclic) bond motifs is 1. The van der Waals surface area contributed by atoms with E-state index in [0.717, 1.165) is 0 Å². The lowest BCUT2D eigenvalue weighted by Crippen LogP contribution is -1.98. The normalized spacial score (nSPS) is 12.4. The standard InChI is InChI=1S/C16H13ClN2O5/c1-22-13-4-9(5-14-15(13)24-8-23-14)7-18-19-12-6-10(16(20)21)2-3-11(12)17/h2-7,19H,8H2,1H3,(H,20,21)/b18-7-. The first-order valence-electron chi connectivity index (χ1n) is 6.88. The summed E-state index contributed by atoms with van der Waals surface area (Å²) in [6.07, 6.45) is 1.54. The molecule has 8 heteroatoms. The largest absolute Gasteiger partial charge is 0.493 e. The smallest absolute Gasteiger partial charge is 0.335 e. The van der Waals surface area contributed by atoms with E-state index in [1.54, 1.807) is 12.1 Å². The number of hydrogen-bond acceptors (Lipinski definition) is 6. The van der Waals surface area contributed by atoms with Crippen LogP contribution in [-0.4, -0.2) is 31.2 Å². The Morgan fingerprint density at radius 2 is 2.21 bits per heavy atom. The lowest BCUT2D eigenvalue weighted by atomic mass is 10.2. The monoisotopic (exact) mass is 348 g/mol. The van der Waals surface area contributed by atoms with Crippen LogP contribution in [0.3, 0.4) is 0 Å². The van der Waals surface area contributed by atoms with Gasteiger partial charge in [0, 0.05) is 5.56 Å². The van der Waals surface area contributed by atoms with Crippen LogP contribution in [0.5, 0.6) is 17.2 Å². The molecule has 2 N–H and O–H groups in total. The minimum Gasteiger partial charge on any atom is -0.493 e. The van der Waals surface area contributed by atoms with Crippen LogP contribution in [0.4, 0.5) is 5.69 Å². The molecule has 0 spiro atoms. The number of ether oxygens (including phenoxy) is 3. The molecule has 0 atom stereocenters. The molecule has 0 radical (unpaired) electrons. The van der Waals surface area contributed by atoms with E-state index in [-0.39, 0.29) is 12.4 Å². The predicted octanol–water partition coefficient (Wildman–Crippen LogP) is 3.22. The molecule has 1 heterocycles. The molecular weight excluding hydrogens is 336 g/mol. The summed E-state index contributed by atoms with van der Waals surface area (Å²) in [5.74, 6) is 0.623. The number of methoxy groups -OCH3 is 1. The molecule has 0 aliphatic carbocycles. The lowest BCUT2D eigenvalue weighted by molar-refractivity contribution is 0.0697. The van der Waals surface area contributed by atoms with Crippen molar-refractivity contribution in [3.8, 4) is 17.2 Å². The van der Waals surface area contributed by atoms with Gasteiger partial charge in [0.25, 0.3) is 0 Å². The SMILES string of the molecule is COc1cc(/C=N\Nc2cc(C(=O)O)ccc2Cl)cc2c1OCO2. The van der Waals surface area contributed by atoms with E-state index in [1.807, 2.05) is 0 Å². The first-order chi connectivity index (χ1) is 11.6. The van der Waals surface area contributed by atoms with E-state index in [1.165, 1.54) is 31.5 Å². The Bertz CT molecular complexity index is 822. The summed E-state index contributed by atoms with van der Waals surface area (Å²) in [4.78, 5) is 11.0. The minimum absolute atomic E-state index is 0.113. The number of rotatable bonds is 5. The maximum absolute atomic E-state index is 11.0. The van der Waals surface area contributed by atoms with Gasteiger partial charge in [-0.3, -0.25) is 5.43 Å². The molecule has 2 aromatic rings. The average Bonchev–Trinajstić information content (AvgIpc) is 3.04. The number of carbonyl (C=O) groups is 1. The van der Waals surface area contributed by atoms with Crippen molar-refractivity contribution in [2.75, 3.05) is 19.3 Å². The van der Waals surface area contributed by atoms with Crippen molar-refractivity contribution in [3.05, 3.63) is 46.5 Å². The molecule has 0 saturated heterocycles. The molecule has 1 aliphatic rings. The molecule has 1 aliphatic heterocycles. The first kappa shape index (κ1) is 15.9. The highest BCUT2D eigenvalue weighted by Gasteiger charge is 2.19. The van der Waals surface area contributed by atoms with Gasteiger partial charge in [-0.2, -0.15) is 5.10 Å². The number of carboxylic acids is 1. The van der Waals surface area contributed by atoms with Crippen LogP contribution in [0, 0.1) is 0 Å². The van der Waals surface area contributed by atoms with E-state index in [4.69, 9.17) is 30.9 Å². The summed E-state index contributed by atoms with van der Waals surface area (Å²) < 4.78 is 15.9. The number of carboxylic acid groups (broad SMARTS) is 1. The van der Waals surface area contributed by atoms with Crippen molar-refractivity contribution < 1.29 is 24.1 Å². The number of benzene rings is 2. The molecule has 0 fully saturated rings. The summed E-state index contributed by atoms with van der Waals surface area (Å²) in [5, 5.41) is 13.4. The zero-order chi connectivity index (χ0) is 17.1. The third-order valence-electron chi connectivity index (χ3n) is 3.29. The summed E-state index contributed by atoms with van der Waals surface area (Å²) >= 11 is 6.02. The molecule has 0 amide bonds. The molecule has 0 saturated carbocycles. The van der Waals surface area contributed by atoms with E-state index in [0.29, 0.717) is 33.5 Å². The van der Waals surface area contributed by atoms with Crippen molar-refractivity contribution >= 4 is 29.5 Å². The highest BCUT2D eigenvalue weighted by Crippen LogP contribution is 2.41. The molecule has 124 valence electrons. The van der Waals surface area contributed by atoms with E-state index in [9.17, 15) is 4.79 Å². The number of hydrogen-bond donors (Lipinski definition) is 2. The van der Waals surface area contributed by atoms with Gasteiger partial charge in [0.1, 0.15) is 0 Å². The van der Waals surface area contributed by atoms with Gasteiger partial charge in [-0.1, -0.05) is 11.6 Å². The highest BCUT2D eigenvalue weighted by atomic mass is 35.5. The fraction of sp³-hybridized carbons (Fsp3) is 0.125. The maximum atomic E-state index is 11.0. The molecule has 0 aromatic heterocycles. The number of hydrazone groups is 1. The van der Waals surface area contributed by atoms with Gasteiger partial charge in [0.2, 0.25) is 12.5 Å². The van der Waals surface area contributed by atoms with Crippen LogP contribution in [0.1, 0.15) is 15.9 Å². The Hall–Kier alpha value is -2.93. The Morgan fingerprint density at radius 3 is 2.96 bits per heavy atom. The number of halogens is 1. The topological polar surface area (TPSA) is 89.4 Å². The van der Waals surface area contributed by atoms with Crippen LogP contribution in [-0.2, 0) is 0 Å². The second-order valence-electron chi connectivity index (χ2n) is 4.83. The lowest BCUT2D eigenvalue weighted by Gasteiger charge is -2.06. The Balaban J connectivity index is 1.80. The van der Waals surface area contributed by atoms with E-state index in [2.05, 4.69) is 10.5 Å². The van der Waals surface area contributed by atoms with Gasteiger partial charge >= 0.3 is 5.97 Å². The van der Waals surface area contributed by atoms with Crippen molar-refractivity contribution in [2.45, 2.75) is 0 Å². The van der Waals surface area contributed by atoms with Crippen LogP contribution >= 0.6 is 11.6 Å². The summed E-state index contributed by atoms with van der Waals surface area (Å²) in [6.45, 7) is 0.141. The molecule has 24 heavy (non-hydrogen) atoms. The molecule has 7 nitrogen and oxygen atoms in total. The number of nitrogens with zero attached hydrogens (tertiary/aromatic N) is 1. The molecule has 0 unspecified atom stereocenters. The minimum atomic E-state index is -1.04. The maximum Gasteiger partial charge on any atom is 0.335 e. The second kappa shape index (κ2) is 6.67. The van der Waals surface area contributed by atoms with Crippen molar-refractivity contribution in [2.24, 2.45) is 5.10 Å². The number of anilines is 1. The number of aromatic carboxylic acids is 1. The quantitative estimate of drug-likeness (QED) is 0.637. The predicted molar refractivity (Wildman–Crippen MR) is 88.7 cm³/mol. The molecule has 2 aromatic carbocycles. The fourth-order valence-electron chi connectivity index (χ4n) is 2.14. The molecular formula is C16H13ClN2O5. The average molecular weight is 349 g/mol. The molecule has 3 rings (SSSR count). The molecule has 0 bridgehead atoms. The zero-order valence-electron chi connectivity index (χ0n) is 12.6. The summed E-state index contributed by atoms with van der Waals surface area (Å²) in [5.41, 5.74) is 3.94. The van der Waals surface area contributed by atoms with Crippen LogP contribution in [0.2, 0.25) is 5.02 Å². The van der Waals surface area contributed by atoms with Gasteiger partial charge in [0.15, 0.2) is 11.5 Å². The van der Waals surface area contributed by atoms with Gasteiger partial charge < -0.3 is 19.3 Å². The fourth-order valence-corrected chi connectivity index (χ4v) is 2.30. The second-order valence-corrected chi connectivity index (χ2v) is 5.23. The van der Waals surface area contributed by atoms with Gasteiger partial charge in [-0.05, 0) is 30.3 Å². The Morgan fingerprint density at radius 1 is 1.38 bits per heavy atom. The van der Waals surface area contributed by atoms with Gasteiger partial charge in [-0.15, -0.1) is 0 Å². The van der Waals surface area contributed by atoms with Gasteiger partial charge in [0.05, 0.1) is 29.6 Å². The Labute approximate surface area is 142 Å². The van der Waals surface area contributed by atoms with Crippen molar-refractivity contribution in [1.29, 1.82) is 0 Å². The Kier molecular flexibility index (Phi) is 4.43. The van der Waals surface area contributed by atoms with Crippen LogP contribution in [0.15, 0.2) is 35.4 Å². The van der Waals surface area contributed by atoms with E-state index >= 15 is 0 Å². The highest BCUT2D eigenvalue weighted by molar-refractivity contribution is 6.33. The van der Waals surface area contributed by atoms with E-state index < -0.39 is 5.97 Å². The number of nitrogens with one attached hydrogen (secondary N) is 1. The summed E-state index contributed by atoms with van der Waals surface area (Å²) in [6, 6.07) is 7.82. The van der Waals surface area contributed by atoms with Crippen LogP contribution in [0.25, 0.3) is 0 Å².